The van der Waals surface area contributed by atoms with Crippen molar-refractivity contribution >= 4 is 6.09 Å². The molecule has 2 heterocycles. The summed E-state index contributed by atoms with van der Waals surface area (Å²) in [6.45, 7) is 5.26. The minimum absolute atomic E-state index is 0.0376. The van der Waals surface area contributed by atoms with Crippen molar-refractivity contribution in [1.29, 1.82) is 0 Å². The molecule has 1 atom stereocenters. The number of hydrogen-bond donors (Lipinski definition) is 1. The zero-order chi connectivity index (χ0) is 9.31. The summed E-state index contributed by atoms with van der Waals surface area (Å²) in [4.78, 5) is 13.2. The van der Waals surface area contributed by atoms with Crippen LogP contribution in [0.1, 0.15) is 19.8 Å². The Bertz CT molecular complexity index is 212. The number of rotatable bonds is 1. The Morgan fingerprint density at radius 1 is 1.69 bits per heavy atom. The molecule has 0 aromatic carbocycles. The lowest BCUT2D eigenvalue weighted by Crippen LogP contribution is -2.56. The maximum Gasteiger partial charge on any atom is 0.410 e. The van der Waals surface area contributed by atoms with E-state index < -0.39 is 0 Å². The van der Waals surface area contributed by atoms with Crippen molar-refractivity contribution in [3.63, 3.8) is 0 Å². The second kappa shape index (κ2) is 3.18. The van der Waals surface area contributed by atoms with Gasteiger partial charge in [-0.3, -0.25) is 4.90 Å². The van der Waals surface area contributed by atoms with Gasteiger partial charge < -0.3 is 10.1 Å². The van der Waals surface area contributed by atoms with Gasteiger partial charge in [-0.25, -0.2) is 4.79 Å². The summed E-state index contributed by atoms with van der Waals surface area (Å²) in [6.07, 6.45) is 2.05. The third kappa shape index (κ3) is 1.29. The van der Waals surface area contributed by atoms with Gasteiger partial charge in [0.05, 0.1) is 5.54 Å². The second-order valence-electron chi connectivity index (χ2n) is 3.80. The van der Waals surface area contributed by atoms with Crippen LogP contribution in [0.3, 0.4) is 0 Å². The van der Waals surface area contributed by atoms with E-state index in [2.05, 4.69) is 5.32 Å². The molecule has 0 aromatic heterocycles. The highest BCUT2D eigenvalue weighted by atomic mass is 16.6. The van der Waals surface area contributed by atoms with E-state index in [9.17, 15) is 4.79 Å². The lowest BCUT2D eigenvalue weighted by atomic mass is 9.90. The number of likely N-dealkylation sites (N-methyl/N-ethyl adjacent to an activating group) is 1. The van der Waals surface area contributed by atoms with E-state index in [1.807, 2.05) is 11.8 Å². The summed E-state index contributed by atoms with van der Waals surface area (Å²) in [5, 5.41) is 3.33. The van der Waals surface area contributed by atoms with E-state index in [1.165, 1.54) is 0 Å². The van der Waals surface area contributed by atoms with Crippen molar-refractivity contribution in [2.45, 2.75) is 25.3 Å². The van der Waals surface area contributed by atoms with Crippen molar-refractivity contribution in [1.82, 2.24) is 10.2 Å². The van der Waals surface area contributed by atoms with Crippen molar-refractivity contribution in [2.24, 2.45) is 0 Å². The molecule has 2 aliphatic rings. The Morgan fingerprint density at radius 3 is 3.15 bits per heavy atom. The van der Waals surface area contributed by atoms with Crippen molar-refractivity contribution in [3.05, 3.63) is 0 Å². The molecule has 0 aliphatic carbocycles. The fourth-order valence-electron chi connectivity index (χ4n) is 2.32. The highest BCUT2D eigenvalue weighted by Gasteiger charge is 2.46. The number of piperidine rings is 1. The number of cyclic esters (lactones) is 1. The first-order valence-corrected chi connectivity index (χ1v) is 4.94. The van der Waals surface area contributed by atoms with Crippen LogP contribution in [0.15, 0.2) is 0 Å². The number of nitrogens with one attached hydrogen (secondary N) is 1. The molecular formula is C9H16N2O2. The minimum Gasteiger partial charge on any atom is -0.447 e. The largest absolute Gasteiger partial charge is 0.447 e. The number of nitrogens with zero attached hydrogens (tertiary/aromatic N) is 1. The average molecular weight is 184 g/mol. The van der Waals surface area contributed by atoms with Crippen LogP contribution in [0.4, 0.5) is 4.79 Å². The van der Waals surface area contributed by atoms with Crippen LogP contribution in [0.2, 0.25) is 0 Å². The fraction of sp³-hybridized carbons (Fsp3) is 0.889. The van der Waals surface area contributed by atoms with Gasteiger partial charge in [0.15, 0.2) is 0 Å². The molecule has 0 radical (unpaired) electrons. The van der Waals surface area contributed by atoms with Crippen LogP contribution in [-0.4, -0.2) is 42.8 Å². The van der Waals surface area contributed by atoms with Crippen molar-refractivity contribution < 1.29 is 9.53 Å². The molecule has 1 unspecified atom stereocenters. The van der Waals surface area contributed by atoms with Crippen LogP contribution in [-0.2, 0) is 4.74 Å². The van der Waals surface area contributed by atoms with Gasteiger partial charge in [0, 0.05) is 13.1 Å². The number of ether oxygens (including phenoxy) is 1. The molecule has 2 rings (SSSR count). The quantitative estimate of drug-likeness (QED) is 0.648. The molecule has 74 valence electrons. The van der Waals surface area contributed by atoms with E-state index in [-0.39, 0.29) is 11.6 Å². The number of amides is 1. The van der Waals surface area contributed by atoms with Gasteiger partial charge in [0.1, 0.15) is 6.61 Å². The van der Waals surface area contributed by atoms with Gasteiger partial charge in [-0.15, -0.1) is 0 Å². The van der Waals surface area contributed by atoms with Crippen molar-refractivity contribution in [3.8, 4) is 0 Å². The van der Waals surface area contributed by atoms with E-state index in [1.54, 1.807) is 0 Å². The summed E-state index contributed by atoms with van der Waals surface area (Å²) in [5.74, 6) is 0. The summed E-state index contributed by atoms with van der Waals surface area (Å²) in [7, 11) is 0. The molecule has 13 heavy (non-hydrogen) atoms. The van der Waals surface area contributed by atoms with Crippen molar-refractivity contribution in [2.75, 3.05) is 26.2 Å². The van der Waals surface area contributed by atoms with Crippen LogP contribution in [0.5, 0.6) is 0 Å². The number of carbonyl (C=O) groups excluding carboxylic acids is 1. The predicted molar refractivity (Wildman–Crippen MR) is 48.6 cm³/mol. The standard InChI is InChI=1S/C9H16N2O2/c1-2-11-8(12)13-7-9(11)4-3-5-10-6-9/h10H,2-7H2,1H3. The van der Waals surface area contributed by atoms with Gasteiger partial charge in [-0.2, -0.15) is 0 Å². The van der Waals surface area contributed by atoms with Crippen LogP contribution in [0, 0.1) is 0 Å². The molecule has 0 aromatic rings. The first kappa shape index (κ1) is 8.81. The van der Waals surface area contributed by atoms with Gasteiger partial charge >= 0.3 is 6.09 Å². The molecular weight excluding hydrogens is 168 g/mol. The van der Waals surface area contributed by atoms with E-state index in [0.29, 0.717) is 6.61 Å². The Balaban J connectivity index is 2.15. The SMILES string of the molecule is CCN1C(=O)OCC12CCCNC2. The lowest BCUT2D eigenvalue weighted by Gasteiger charge is -2.38. The first-order valence-electron chi connectivity index (χ1n) is 4.94. The summed E-state index contributed by atoms with van der Waals surface area (Å²) >= 11 is 0. The maximum atomic E-state index is 11.4. The van der Waals surface area contributed by atoms with Crippen LogP contribution >= 0.6 is 0 Å². The molecule has 4 heteroatoms. The molecule has 4 nitrogen and oxygen atoms in total. The number of carbonyl (C=O) groups is 1. The molecule has 1 N–H and O–H groups in total. The third-order valence-electron chi connectivity index (χ3n) is 3.02. The summed E-state index contributed by atoms with van der Waals surface area (Å²) in [6, 6.07) is 0. The minimum atomic E-state index is -0.147. The molecule has 2 fully saturated rings. The van der Waals surface area contributed by atoms with E-state index in [0.717, 1.165) is 32.5 Å². The zero-order valence-corrected chi connectivity index (χ0v) is 8.01. The average Bonchev–Trinajstić information content (AvgIpc) is 2.45. The normalized spacial score (nSPS) is 33.9. The molecule has 1 spiro atoms. The number of hydrogen-bond acceptors (Lipinski definition) is 3. The molecule has 2 saturated heterocycles. The second-order valence-corrected chi connectivity index (χ2v) is 3.80. The summed E-state index contributed by atoms with van der Waals surface area (Å²) < 4.78 is 5.10. The van der Waals surface area contributed by atoms with Gasteiger partial charge in [0.2, 0.25) is 0 Å². The molecule has 2 aliphatic heterocycles. The Labute approximate surface area is 78.2 Å². The first-order chi connectivity index (χ1) is 6.28. The zero-order valence-electron chi connectivity index (χ0n) is 8.01. The van der Waals surface area contributed by atoms with Crippen LogP contribution < -0.4 is 5.32 Å². The summed E-state index contributed by atoms with van der Waals surface area (Å²) in [5.41, 5.74) is -0.0376. The Hall–Kier alpha value is -0.770. The highest BCUT2D eigenvalue weighted by molar-refractivity contribution is 5.71. The molecule has 0 bridgehead atoms. The van der Waals surface area contributed by atoms with Gasteiger partial charge in [-0.05, 0) is 26.3 Å². The van der Waals surface area contributed by atoms with Crippen LogP contribution in [0.25, 0.3) is 0 Å². The topological polar surface area (TPSA) is 41.6 Å². The predicted octanol–water partition coefficient (Wildman–Crippen LogP) is 0.581. The highest BCUT2D eigenvalue weighted by Crippen LogP contribution is 2.30. The molecule has 1 amide bonds. The van der Waals surface area contributed by atoms with Gasteiger partial charge in [0.25, 0.3) is 0 Å². The van der Waals surface area contributed by atoms with E-state index in [4.69, 9.17) is 4.74 Å². The lowest BCUT2D eigenvalue weighted by molar-refractivity contribution is 0.134. The third-order valence-corrected chi connectivity index (χ3v) is 3.02. The van der Waals surface area contributed by atoms with Gasteiger partial charge in [-0.1, -0.05) is 0 Å². The maximum absolute atomic E-state index is 11.4. The monoisotopic (exact) mass is 184 g/mol. The fourth-order valence-corrected chi connectivity index (χ4v) is 2.32. The Kier molecular flexibility index (Phi) is 2.15. The van der Waals surface area contributed by atoms with E-state index >= 15 is 0 Å². The smallest absolute Gasteiger partial charge is 0.410 e. The Morgan fingerprint density at radius 2 is 2.54 bits per heavy atom. The molecule has 0 saturated carbocycles.